The fraction of sp³-hybridized carbons (Fsp3) is 0.500. The van der Waals surface area contributed by atoms with Gasteiger partial charge in [0.05, 0.1) is 5.69 Å². The fourth-order valence-electron chi connectivity index (χ4n) is 3.81. The lowest BCUT2D eigenvalue weighted by atomic mass is 9.72. The van der Waals surface area contributed by atoms with Crippen LogP contribution in [0.5, 0.6) is 0 Å². The van der Waals surface area contributed by atoms with Crippen molar-refractivity contribution in [1.29, 1.82) is 0 Å². The number of amides is 1. The Morgan fingerprint density at radius 2 is 1.52 bits per heavy atom. The second kappa shape index (κ2) is 9.47. The molecule has 1 unspecified atom stereocenters. The maximum absolute atomic E-state index is 10.5. The zero-order chi connectivity index (χ0) is 21.7. The van der Waals surface area contributed by atoms with Crippen molar-refractivity contribution in [3.8, 4) is 0 Å². The van der Waals surface area contributed by atoms with Gasteiger partial charge < -0.3 is 0 Å². The van der Waals surface area contributed by atoms with Gasteiger partial charge in [0.2, 0.25) is 6.41 Å². The molecule has 2 rings (SSSR count). The third-order valence-corrected chi connectivity index (χ3v) is 6.70. The van der Waals surface area contributed by atoms with Gasteiger partial charge in [0, 0.05) is 5.92 Å². The van der Waals surface area contributed by atoms with E-state index in [0.29, 0.717) is 12.3 Å². The zero-order valence-electron chi connectivity index (χ0n) is 19.2. The summed E-state index contributed by atoms with van der Waals surface area (Å²) in [5.74, 6) is 0.350. The van der Waals surface area contributed by atoms with Gasteiger partial charge in [-0.3, -0.25) is 15.6 Å². The van der Waals surface area contributed by atoms with Crippen molar-refractivity contribution in [1.82, 2.24) is 5.43 Å². The minimum absolute atomic E-state index is 0.123. The minimum atomic E-state index is 0.123. The first-order valence-corrected chi connectivity index (χ1v) is 10.9. The molecule has 0 aromatic heterocycles. The van der Waals surface area contributed by atoms with Crippen molar-refractivity contribution in [2.45, 2.75) is 84.5 Å². The molecule has 0 aliphatic carbocycles. The lowest BCUT2D eigenvalue weighted by Gasteiger charge is -2.33. The smallest absolute Gasteiger partial charge is 0.225 e. The molecule has 0 aliphatic heterocycles. The average Bonchev–Trinajstić information content (AvgIpc) is 2.73. The van der Waals surface area contributed by atoms with Crippen LogP contribution in [0.4, 0.5) is 5.69 Å². The lowest BCUT2D eigenvalue weighted by molar-refractivity contribution is -0.109. The summed E-state index contributed by atoms with van der Waals surface area (Å²) in [4.78, 5) is 10.5. The Labute approximate surface area is 177 Å². The largest absolute Gasteiger partial charge is 0.299 e. The number of rotatable bonds is 10. The molecular formula is C26H38N2O. The molecule has 1 amide bonds. The van der Waals surface area contributed by atoms with Crippen LogP contribution in [0, 0.1) is 0 Å². The Hall–Kier alpha value is -2.29. The van der Waals surface area contributed by atoms with Crippen LogP contribution in [0.15, 0.2) is 42.5 Å². The van der Waals surface area contributed by atoms with Gasteiger partial charge in [-0.1, -0.05) is 78.8 Å². The Morgan fingerprint density at radius 3 is 2.03 bits per heavy atom. The van der Waals surface area contributed by atoms with Crippen molar-refractivity contribution >= 4 is 12.1 Å². The number of nitrogens with one attached hydrogen (secondary N) is 2. The van der Waals surface area contributed by atoms with Crippen LogP contribution in [0.2, 0.25) is 0 Å². The first-order valence-electron chi connectivity index (χ1n) is 10.9. The van der Waals surface area contributed by atoms with Gasteiger partial charge in [-0.2, -0.15) is 0 Å². The van der Waals surface area contributed by atoms with Crippen LogP contribution in [0.3, 0.4) is 0 Å². The molecule has 0 aliphatic rings. The molecule has 0 spiro atoms. The summed E-state index contributed by atoms with van der Waals surface area (Å²) in [6.45, 7) is 16.2. The van der Waals surface area contributed by atoms with Gasteiger partial charge in [0.15, 0.2) is 0 Å². The molecular weight excluding hydrogens is 356 g/mol. The Kier molecular flexibility index (Phi) is 7.51. The van der Waals surface area contributed by atoms with Gasteiger partial charge in [0.1, 0.15) is 0 Å². The van der Waals surface area contributed by atoms with Crippen LogP contribution in [-0.4, -0.2) is 6.41 Å². The van der Waals surface area contributed by atoms with Crippen LogP contribution in [0.25, 0.3) is 0 Å². The predicted molar refractivity (Wildman–Crippen MR) is 124 cm³/mol. The molecule has 3 nitrogen and oxygen atoms in total. The van der Waals surface area contributed by atoms with E-state index in [4.69, 9.17) is 0 Å². The van der Waals surface area contributed by atoms with Crippen molar-refractivity contribution in [3.63, 3.8) is 0 Å². The van der Waals surface area contributed by atoms with Crippen molar-refractivity contribution in [2.75, 3.05) is 5.43 Å². The van der Waals surface area contributed by atoms with Crippen molar-refractivity contribution in [3.05, 3.63) is 64.7 Å². The van der Waals surface area contributed by atoms with Crippen molar-refractivity contribution in [2.24, 2.45) is 0 Å². The first-order chi connectivity index (χ1) is 13.7. The Balaban J connectivity index is 2.53. The van der Waals surface area contributed by atoms with Crippen LogP contribution in [0.1, 0.15) is 95.9 Å². The van der Waals surface area contributed by atoms with Crippen LogP contribution in [-0.2, 0) is 15.6 Å². The Morgan fingerprint density at radius 1 is 0.897 bits per heavy atom. The van der Waals surface area contributed by atoms with E-state index in [-0.39, 0.29) is 10.8 Å². The third kappa shape index (κ3) is 5.20. The number of benzene rings is 2. The molecule has 158 valence electrons. The van der Waals surface area contributed by atoms with Gasteiger partial charge in [-0.15, -0.1) is 0 Å². The van der Waals surface area contributed by atoms with Crippen LogP contribution >= 0.6 is 0 Å². The highest BCUT2D eigenvalue weighted by Crippen LogP contribution is 2.40. The molecule has 0 heterocycles. The summed E-state index contributed by atoms with van der Waals surface area (Å²) >= 11 is 0. The Bertz CT molecular complexity index is 806. The molecule has 1 atom stereocenters. The summed E-state index contributed by atoms with van der Waals surface area (Å²) < 4.78 is 0. The van der Waals surface area contributed by atoms with E-state index in [1.807, 2.05) is 12.1 Å². The third-order valence-electron chi connectivity index (χ3n) is 6.70. The highest BCUT2D eigenvalue weighted by atomic mass is 16.1. The second-order valence-electron chi connectivity index (χ2n) is 9.25. The monoisotopic (exact) mass is 394 g/mol. The highest BCUT2D eigenvalue weighted by Gasteiger charge is 2.28. The average molecular weight is 395 g/mol. The number of hydrogen-bond acceptors (Lipinski definition) is 2. The molecule has 2 aromatic rings. The summed E-state index contributed by atoms with van der Waals surface area (Å²) in [6, 6.07) is 15.5. The predicted octanol–water partition coefficient (Wildman–Crippen LogP) is 6.68. The molecule has 0 saturated heterocycles. The number of carbonyl (C=O) groups excluding carboxylic acids is 1. The number of carbonyl (C=O) groups is 1. The van der Waals surface area contributed by atoms with Gasteiger partial charge >= 0.3 is 0 Å². The first kappa shape index (κ1) is 23.0. The topological polar surface area (TPSA) is 41.1 Å². The molecule has 0 saturated carbocycles. The van der Waals surface area contributed by atoms with Crippen LogP contribution < -0.4 is 10.9 Å². The van der Waals surface area contributed by atoms with Gasteiger partial charge in [0.25, 0.3) is 0 Å². The van der Waals surface area contributed by atoms with E-state index in [1.165, 1.54) is 22.3 Å². The highest BCUT2D eigenvalue weighted by molar-refractivity contribution is 5.54. The van der Waals surface area contributed by atoms with E-state index in [9.17, 15) is 4.79 Å². The maximum atomic E-state index is 10.5. The maximum Gasteiger partial charge on any atom is 0.225 e. The van der Waals surface area contributed by atoms with Gasteiger partial charge in [-0.05, 0) is 64.5 Å². The SMILES string of the molecule is CCC(c1ccc(NNC=O)cc1)c1ccc(C(C)(C)CC)cc1C(C)(C)CC. The van der Waals surface area contributed by atoms with Gasteiger partial charge in [-0.25, -0.2) is 0 Å². The molecule has 0 fully saturated rings. The standard InChI is InChI=1S/C26H38N2O/c1-8-22(19-11-14-21(15-12-19)28-27-18-29)23-16-13-20(25(4,5)9-2)17-24(23)26(6,7)10-3/h11-18,22,28H,8-10H2,1-7H3,(H,27,29). The lowest BCUT2D eigenvalue weighted by Crippen LogP contribution is -2.23. The number of hydrazine groups is 1. The normalized spacial score (nSPS) is 13.1. The molecule has 2 N–H and O–H groups in total. The summed E-state index contributed by atoms with van der Waals surface area (Å²) in [5.41, 5.74) is 12.2. The van der Waals surface area contributed by atoms with E-state index >= 15 is 0 Å². The molecule has 0 bridgehead atoms. The number of hydrogen-bond donors (Lipinski definition) is 2. The number of anilines is 1. The summed E-state index contributed by atoms with van der Waals surface area (Å²) in [7, 11) is 0. The van der Waals surface area contributed by atoms with E-state index < -0.39 is 0 Å². The van der Waals surface area contributed by atoms with E-state index in [1.54, 1.807) is 0 Å². The van der Waals surface area contributed by atoms with E-state index in [2.05, 4.69) is 89.6 Å². The second-order valence-corrected chi connectivity index (χ2v) is 9.25. The zero-order valence-corrected chi connectivity index (χ0v) is 19.2. The molecule has 0 radical (unpaired) electrons. The molecule has 3 heteroatoms. The summed E-state index contributed by atoms with van der Waals surface area (Å²) in [6.07, 6.45) is 3.91. The van der Waals surface area contributed by atoms with E-state index in [0.717, 1.165) is 24.9 Å². The molecule has 29 heavy (non-hydrogen) atoms. The molecule has 2 aromatic carbocycles. The van der Waals surface area contributed by atoms with Crippen molar-refractivity contribution < 1.29 is 4.79 Å². The quantitative estimate of drug-likeness (QED) is 0.349. The summed E-state index contributed by atoms with van der Waals surface area (Å²) in [5, 5.41) is 0. The minimum Gasteiger partial charge on any atom is -0.299 e. The fourth-order valence-corrected chi connectivity index (χ4v) is 3.81.